The van der Waals surface area contributed by atoms with Crippen molar-refractivity contribution in [3.8, 4) is 0 Å². The highest BCUT2D eigenvalue weighted by atomic mass is 32.2. The van der Waals surface area contributed by atoms with Gasteiger partial charge in [0.2, 0.25) is 10.0 Å². The quantitative estimate of drug-likeness (QED) is 0.878. The zero-order chi connectivity index (χ0) is 13.5. The molecular weight excluding hydrogens is 248 g/mol. The first-order chi connectivity index (χ1) is 8.35. The van der Waals surface area contributed by atoms with Gasteiger partial charge in [0.05, 0.1) is 4.90 Å². The van der Waals surface area contributed by atoms with Crippen LogP contribution in [0, 0.1) is 19.8 Å². The van der Waals surface area contributed by atoms with E-state index in [1.165, 1.54) is 0 Å². The molecule has 4 nitrogen and oxygen atoms in total. The number of rotatable bonds is 4. The fraction of sp³-hybridized carbons (Fsp3) is 0.538. The molecule has 0 spiro atoms. The number of benzene rings is 1. The third-order valence-electron chi connectivity index (χ3n) is 3.43. The van der Waals surface area contributed by atoms with Crippen LogP contribution in [-0.4, -0.2) is 21.5 Å². The molecule has 2 unspecified atom stereocenters. The first-order valence-corrected chi connectivity index (χ1v) is 7.65. The molecule has 2 rings (SSSR count). The molecule has 0 heterocycles. The Morgan fingerprint density at radius 1 is 1.22 bits per heavy atom. The van der Waals surface area contributed by atoms with Crippen LogP contribution in [-0.2, 0) is 10.0 Å². The smallest absolute Gasteiger partial charge is 0.241 e. The maximum atomic E-state index is 12.3. The van der Waals surface area contributed by atoms with Crippen LogP contribution in [0.25, 0.3) is 0 Å². The second-order valence-corrected chi connectivity index (χ2v) is 6.78. The Morgan fingerprint density at radius 3 is 2.11 bits per heavy atom. The van der Waals surface area contributed by atoms with E-state index >= 15 is 0 Å². The average Bonchev–Trinajstić information content (AvgIpc) is 2.91. The van der Waals surface area contributed by atoms with E-state index in [1.54, 1.807) is 0 Å². The van der Waals surface area contributed by atoms with Gasteiger partial charge in [0.25, 0.3) is 0 Å². The highest BCUT2D eigenvalue weighted by Crippen LogP contribution is 2.32. The van der Waals surface area contributed by atoms with Crippen molar-refractivity contribution in [3.63, 3.8) is 0 Å². The molecule has 0 radical (unpaired) electrons. The third kappa shape index (κ3) is 2.52. The molecule has 1 aromatic rings. The number of aryl methyl sites for hydroxylation is 2. The second-order valence-electron chi connectivity index (χ2n) is 5.13. The second kappa shape index (κ2) is 4.55. The molecule has 1 saturated carbocycles. The van der Waals surface area contributed by atoms with Crippen molar-refractivity contribution in [1.29, 1.82) is 0 Å². The van der Waals surface area contributed by atoms with Crippen LogP contribution >= 0.6 is 0 Å². The van der Waals surface area contributed by atoms with Crippen molar-refractivity contribution < 1.29 is 8.42 Å². The number of anilines is 1. The van der Waals surface area contributed by atoms with Gasteiger partial charge >= 0.3 is 0 Å². The van der Waals surface area contributed by atoms with Crippen molar-refractivity contribution >= 4 is 15.7 Å². The van der Waals surface area contributed by atoms with E-state index in [0.717, 1.165) is 23.2 Å². The summed E-state index contributed by atoms with van der Waals surface area (Å²) in [5, 5.41) is 3.03. The van der Waals surface area contributed by atoms with E-state index in [1.807, 2.05) is 33.0 Å². The number of hydrogen-bond acceptors (Lipinski definition) is 3. The Balaban J connectivity index is 2.38. The molecule has 1 fully saturated rings. The van der Waals surface area contributed by atoms with Gasteiger partial charge in [0.1, 0.15) is 0 Å². The molecule has 1 aliphatic carbocycles. The van der Waals surface area contributed by atoms with E-state index in [2.05, 4.69) is 17.0 Å². The lowest BCUT2D eigenvalue weighted by Gasteiger charge is -2.13. The van der Waals surface area contributed by atoms with Gasteiger partial charge in [-0.2, -0.15) is 0 Å². The van der Waals surface area contributed by atoms with Gasteiger partial charge in [-0.15, -0.1) is 0 Å². The first-order valence-electron chi connectivity index (χ1n) is 6.16. The highest BCUT2D eigenvalue weighted by Gasteiger charge is 2.37. The van der Waals surface area contributed by atoms with Crippen molar-refractivity contribution in [2.75, 3.05) is 12.4 Å². The Hall–Kier alpha value is -1.07. The predicted octanol–water partition coefficient (Wildman–Crippen LogP) is 2.03. The Morgan fingerprint density at radius 2 is 1.72 bits per heavy atom. The molecule has 2 N–H and O–H groups in total. The van der Waals surface area contributed by atoms with E-state index in [-0.39, 0.29) is 6.04 Å². The van der Waals surface area contributed by atoms with E-state index in [0.29, 0.717) is 10.8 Å². The monoisotopic (exact) mass is 268 g/mol. The van der Waals surface area contributed by atoms with E-state index < -0.39 is 10.0 Å². The summed E-state index contributed by atoms with van der Waals surface area (Å²) in [7, 11) is -1.57. The topological polar surface area (TPSA) is 58.2 Å². The Kier molecular flexibility index (Phi) is 3.38. The van der Waals surface area contributed by atoms with Crippen LogP contribution in [0.3, 0.4) is 0 Å². The van der Waals surface area contributed by atoms with Crippen LogP contribution in [0.4, 0.5) is 5.69 Å². The normalized spacial score (nSPS) is 22.9. The highest BCUT2D eigenvalue weighted by molar-refractivity contribution is 7.89. The molecule has 0 saturated heterocycles. The summed E-state index contributed by atoms with van der Waals surface area (Å²) >= 11 is 0. The molecule has 0 aromatic heterocycles. The summed E-state index contributed by atoms with van der Waals surface area (Å²) in [5.41, 5.74) is 2.49. The summed E-state index contributed by atoms with van der Waals surface area (Å²) in [5.74, 6) is 0.456. The minimum absolute atomic E-state index is 0.109. The lowest BCUT2D eigenvalue weighted by Crippen LogP contribution is -2.28. The summed E-state index contributed by atoms with van der Waals surface area (Å²) in [6, 6.07) is 3.83. The maximum absolute atomic E-state index is 12.3. The van der Waals surface area contributed by atoms with Crippen molar-refractivity contribution in [2.45, 2.75) is 38.1 Å². The van der Waals surface area contributed by atoms with Crippen molar-refractivity contribution in [3.05, 3.63) is 23.3 Å². The van der Waals surface area contributed by atoms with Gasteiger partial charge in [-0.05, 0) is 49.4 Å². The minimum Gasteiger partial charge on any atom is -0.388 e. The Labute approximate surface area is 109 Å². The van der Waals surface area contributed by atoms with Gasteiger partial charge in [0.15, 0.2) is 0 Å². The molecule has 2 atom stereocenters. The van der Waals surface area contributed by atoms with Crippen LogP contribution in [0.2, 0.25) is 0 Å². The number of sulfonamides is 1. The maximum Gasteiger partial charge on any atom is 0.241 e. The third-order valence-corrected chi connectivity index (χ3v) is 5.23. The fourth-order valence-electron chi connectivity index (χ4n) is 2.26. The molecule has 1 aliphatic rings. The Bertz CT molecular complexity index is 543. The summed E-state index contributed by atoms with van der Waals surface area (Å²) in [4.78, 5) is 0.417. The molecule has 5 heteroatoms. The lowest BCUT2D eigenvalue weighted by molar-refractivity contribution is 0.577. The van der Waals surface area contributed by atoms with Crippen molar-refractivity contribution in [2.24, 2.45) is 5.92 Å². The summed E-state index contributed by atoms with van der Waals surface area (Å²) in [6.07, 6.45) is 0.936. The molecule has 18 heavy (non-hydrogen) atoms. The van der Waals surface area contributed by atoms with Crippen LogP contribution in [0.1, 0.15) is 24.5 Å². The zero-order valence-electron chi connectivity index (χ0n) is 11.2. The molecular formula is C13H20N2O2S. The molecule has 0 bridgehead atoms. The lowest BCUT2D eigenvalue weighted by atomic mass is 10.1. The van der Waals surface area contributed by atoms with Crippen LogP contribution in [0.15, 0.2) is 17.0 Å². The summed E-state index contributed by atoms with van der Waals surface area (Å²) < 4.78 is 27.4. The average molecular weight is 268 g/mol. The molecule has 100 valence electrons. The molecule has 0 amide bonds. The predicted molar refractivity (Wildman–Crippen MR) is 73.4 cm³/mol. The van der Waals surface area contributed by atoms with Gasteiger partial charge in [-0.1, -0.05) is 6.92 Å². The first kappa shape index (κ1) is 13.4. The number of hydrogen-bond donors (Lipinski definition) is 2. The van der Waals surface area contributed by atoms with Crippen molar-refractivity contribution in [1.82, 2.24) is 4.72 Å². The minimum atomic E-state index is -3.39. The largest absolute Gasteiger partial charge is 0.388 e. The SMILES string of the molecule is CNc1cc(C)c(S(=O)(=O)NC2CC2C)c(C)c1. The number of nitrogens with one attached hydrogen (secondary N) is 2. The molecule has 1 aromatic carbocycles. The van der Waals surface area contributed by atoms with Crippen LogP contribution < -0.4 is 10.0 Å². The van der Waals surface area contributed by atoms with Crippen LogP contribution in [0.5, 0.6) is 0 Å². The van der Waals surface area contributed by atoms with Gasteiger partial charge < -0.3 is 5.32 Å². The summed E-state index contributed by atoms with van der Waals surface area (Å²) in [6.45, 7) is 5.72. The molecule has 0 aliphatic heterocycles. The van der Waals surface area contributed by atoms with E-state index in [4.69, 9.17) is 0 Å². The van der Waals surface area contributed by atoms with Gasteiger partial charge in [0, 0.05) is 18.8 Å². The van der Waals surface area contributed by atoms with E-state index in [9.17, 15) is 8.42 Å². The fourth-order valence-corrected chi connectivity index (χ4v) is 4.07. The zero-order valence-corrected chi connectivity index (χ0v) is 12.1. The van der Waals surface area contributed by atoms with Gasteiger partial charge in [-0.25, -0.2) is 13.1 Å². The standard InChI is InChI=1S/C13H20N2O2S/c1-8-7-12(8)15-18(16,17)13-9(2)5-11(14-4)6-10(13)3/h5-6,8,12,14-15H,7H2,1-4H3. The van der Waals surface area contributed by atoms with Gasteiger partial charge in [-0.3, -0.25) is 0 Å².